The average Bonchev–Trinajstić information content (AvgIpc) is 2.43. The van der Waals surface area contributed by atoms with Crippen LogP contribution in [0.5, 0.6) is 28.7 Å². The summed E-state index contributed by atoms with van der Waals surface area (Å²) in [6, 6.07) is 6.40. The quantitative estimate of drug-likeness (QED) is 0.597. The maximum Gasteiger partial charge on any atom is 0.177 e. The molecular weight excluding hydrogens is 276 g/mol. The molecule has 0 fully saturated rings. The Labute approximate surface area is 119 Å². The van der Waals surface area contributed by atoms with Gasteiger partial charge in [-0.1, -0.05) is 6.07 Å². The fourth-order valence-corrected chi connectivity index (χ4v) is 2.37. The van der Waals surface area contributed by atoms with Crippen molar-refractivity contribution >= 4 is 5.78 Å². The molecule has 0 spiro atoms. The largest absolute Gasteiger partial charge is 0.508 e. The number of ketones is 1. The fourth-order valence-electron chi connectivity index (χ4n) is 2.37. The smallest absolute Gasteiger partial charge is 0.177 e. The first-order chi connectivity index (χ1) is 9.97. The maximum absolute atomic E-state index is 12.5. The van der Waals surface area contributed by atoms with Crippen LogP contribution in [0.25, 0.3) is 0 Å². The van der Waals surface area contributed by atoms with Gasteiger partial charge in [-0.2, -0.15) is 0 Å². The topological polar surface area (TPSA) is 107 Å². The Morgan fingerprint density at radius 2 is 1.71 bits per heavy atom. The summed E-state index contributed by atoms with van der Waals surface area (Å²) in [5, 5.41) is 38.0. The Morgan fingerprint density at radius 3 is 2.43 bits per heavy atom. The lowest BCUT2D eigenvalue weighted by Gasteiger charge is -2.25. The van der Waals surface area contributed by atoms with Gasteiger partial charge >= 0.3 is 0 Å². The molecule has 1 aliphatic heterocycles. The SMILES string of the molecule is O=C1c2cc(O)cc(O)c2OCC1c1ccc(O)c(O)c1. The number of ether oxygens (including phenoxy) is 1. The Morgan fingerprint density at radius 1 is 0.952 bits per heavy atom. The van der Waals surface area contributed by atoms with Gasteiger partial charge in [-0.3, -0.25) is 4.79 Å². The van der Waals surface area contributed by atoms with E-state index in [0.29, 0.717) is 5.56 Å². The van der Waals surface area contributed by atoms with Crippen molar-refractivity contribution in [2.45, 2.75) is 5.92 Å². The molecule has 2 aromatic carbocycles. The highest BCUT2D eigenvalue weighted by molar-refractivity contribution is 6.05. The van der Waals surface area contributed by atoms with Crippen molar-refractivity contribution in [2.24, 2.45) is 0 Å². The summed E-state index contributed by atoms with van der Waals surface area (Å²) >= 11 is 0. The molecule has 0 radical (unpaired) electrons. The lowest BCUT2D eigenvalue weighted by atomic mass is 9.88. The summed E-state index contributed by atoms with van der Waals surface area (Å²) in [4.78, 5) is 12.5. The zero-order chi connectivity index (χ0) is 15.1. The monoisotopic (exact) mass is 288 g/mol. The summed E-state index contributed by atoms with van der Waals surface area (Å²) in [7, 11) is 0. The third-order valence-corrected chi connectivity index (χ3v) is 3.43. The van der Waals surface area contributed by atoms with Crippen molar-refractivity contribution in [3.05, 3.63) is 41.5 Å². The average molecular weight is 288 g/mol. The lowest BCUT2D eigenvalue weighted by molar-refractivity contribution is 0.0891. The highest BCUT2D eigenvalue weighted by Crippen LogP contribution is 2.41. The van der Waals surface area contributed by atoms with E-state index in [9.17, 15) is 25.2 Å². The number of rotatable bonds is 1. The number of aromatic hydroxyl groups is 4. The van der Waals surface area contributed by atoms with Crippen LogP contribution in [0.1, 0.15) is 21.8 Å². The van der Waals surface area contributed by atoms with Gasteiger partial charge in [0, 0.05) is 6.07 Å². The Balaban J connectivity index is 2.04. The van der Waals surface area contributed by atoms with Gasteiger partial charge in [-0.25, -0.2) is 0 Å². The number of hydrogen-bond donors (Lipinski definition) is 4. The van der Waals surface area contributed by atoms with E-state index in [-0.39, 0.29) is 46.7 Å². The van der Waals surface area contributed by atoms with Gasteiger partial charge in [0.1, 0.15) is 12.4 Å². The summed E-state index contributed by atoms with van der Waals surface area (Å²) in [5.74, 6) is -2.14. The van der Waals surface area contributed by atoms with Crippen molar-refractivity contribution < 1.29 is 30.0 Å². The molecule has 1 aliphatic rings. The van der Waals surface area contributed by atoms with Crippen LogP contribution in [-0.2, 0) is 0 Å². The predicted molar refractivity (Wildman–Crippen MR) is 72.1 cm³/mol. The van der Waals surface area contributed by atoms with Gasteiger partial charge < -0.3 is 25.2 Å². The minimum atomic E-state index is -0.690. The number of hydrogen-bond acceptors (Lipinski definition) is 6. The number of fused-ring (bicyclic) bond motifs is 1. The first kappa shape index (κ1) is 13.1. The highest BCUT2D eigenvalue weighted by Gasteiger charge is 2.32. The van der Waals surface area contributed by atoms with E-state index in [1.807, 2.05) is 0 Å². The molecule has 1 unspecified atom stereocenters. The molecule has 1 heterocycles. The van der Waals surface area contributed by atoms with Gasteiger partial charge in [-0.05, 0) is 23.8 Å². The van der Waals surface area contributed by atoms with Gasteiger partial charge in [0.15, 0.2) is 28.8 Å². The van der Waals surface area contributed by atoms with Gasteiger partial charge in [0.25, 0.3) is 0 Å². The first-order valence-corrected chi connectivity index (χ1v) is 6.22. The summed E-state index contributed by atoms with van der Waals surface area (Å²) in [6.45, 7) is -0.00557. The van der Waals surface area contributed by atoms with Gasteiger partial charge in [0.2, 0.25) is 0 Å². The number of Topliss-reactive ketones (excluding diaryl/α,β-unsaturated/α-hetero) is 1. The van der Waals surface area contributed by atoms with E-state index in [2.05, 4.69) is 0 Å². The van der Waals surface area contributed by atoms with Crippen LogP contribution >= 0.6 is 0 Å². The summed E-state index contributed by atoms with van der Waals surface area (Å²) < 4.78 is 5.39. The van der Waals surface area contributed by atoms with Crippen LogP contribution in [0.2, 0.25) is 0 Å². The second-order valence-electron chi connectivity index (χ2n) is 4.82. The zero-order valence-electron chi connectivity index (χ0n) is 10.8. The van der Waals surface area contributed by atoms with E-state index >= 15 is 0 Å². The van der Waals surface area contributed by atoms with E-state index in [1.54, 1.807) is 0 Å². The molecule has 0 bridgehead atoms. The molecule has 3 rings (SSSR count). The van der Waals surface area contributed by atoms with Crippen LogP contribution in [0, 0.1) is 0 Å². The van der Waals surface area contributed by atoms with Crippen molar-refractivity contribution in [1.82, 2.24) is 0 Å². The minimum Gasteiger partial charge on any atom is -0.508 e. The lowest BCUT2D eigenvalue weighted by Crippen LogP contribution is -2.26. The number of phenolic OH excluding ortho intramolecular Hbond substituents is 4. The fraction of sp³-hybridized carbons (Fsp3) is 0.133. The number of carbonyl (C=O) groups excluding carboxylic acids is 1. The summed E-state index contributed by atoms with van der Waals surface area (Å²) in [6.07, 6.45) is 0. The van der Waals surface area contributed by atoms with E-state index in [1.165, 1.54) is 24.3 Å². The molecule has 4 N–H and O–H groups in total. The third-order valence-electron chi connectivity index (χ3n) is 3.43. The van der Waals surface area contributed by atoms with Crippen LogP contribution in [0.3, 0.4) is 0 Å². The zero-order valence-corrected chi connectivity index (χ0v) is 10.8. The van der Waals surface area contributed by atoms with Crippen LogP contribution < -0.4 is 4.74 Å². The molecule has 1 atom stereocenters. The number of phenols is 4. The van der Waals surface area contributed by atoms with Crippen LogP contribution in [0.4, 0.5) is 0 Å². The molecule has 6 nitrogen and oxygen atoms in total. The third kappa shape index (κ3) is 2.10. The molecular formula is C15H12O6. The normalized spacial score (nSPS) is 17.1. The van der Waals surface area contributed by atoms with Crippen molar-refractivity contribution in [2.75, 3.05) is 6.61 Å². The number of carbonyl (C=O) groups is 1. The molecule has 6 heteroatoms. The molecule has 0 saturated carbocycles. The Hall–Kier alpha value is -2.89. The second-order valence-corrected chi connectivity index (χ2v) is 4.82. The van der Waals surface area contributed by atoms with Crippen LogP contribution in [0.15, 0.2) is 30.3 Å². The predicted octanol–water partition coefficient (Wildman–Crippen LogP) is 1.87. The van der Waals surface area contributed by atoms with E-state index < -0.39 is 5.92 Å². The molecule has 2 aromatic rings. The van der Waals surface area contributed by atoms with E-state index in [0.717, 1.165) is 6.07 Å². The van der Waals surface area contributed by atoms with Crippen LogP contribution in [-0.4, -0.2) is 32.8 Å². The highest BCUT2D eigenvalue weighted by atomic mass is 16.5. The Bertz CT molecular complexity index is 737. The molecule has 0 aliphatic carbocycles. The van der Waals surface area contributed by atoms with Crippen molar-refractivity contribution in [3.63, 3.8) is 0 Å². The summed E-state index contributed by atoms with van der Waals surface area (Å²) in [5.41, 5.74) is 0.556. The maximum atomic E-state index is 12.5. The first-order valence-electron chi connectivity index (χ1n) is 6.22. The molecule has 21 heavy (non-hydrogen) atoms. The molecule has 0 aromatic heterocycles. The molecule has 0 amide bonds. The van der Waals surface area contributed by atoms with Crippen molar-refractivity contribution in [1.29, 1.82) is 0 Å². The second kappa shape index (κ2) is 4.59. The van der Waals surface area contributed by atoms with Gasteiger partial charge in [-0.15, -0.1) is 0 Å². The standard InChI is InChI=1S/C15H12O6/c16-8-4-9-14(20)10(6-21-15(9)13(19)5-8)7-1-2-11(17)12(18)3-7/h1-5,10,16-19H,6H2. The number of benzene rings is 2. The van der Waals surface area contributed by atoms with E-state index in [4.69, 9.17) is 4.74 Å². The minimum absolute atomic E-state index is 0.00557. The molecule has 108 valence electrons. The molecule has 0 saturated heterocycles. The Kier molecular flexibility index (Phi) is 2.86. The van der Waals surface area contributed by atoms with Crippen molar-refractivity contribution in [3.8, 4) is 28.7 Å². The van der Waals surface area contributed by atoms with Gasteiger partial charge in [0.05, 0.1) is 11.5 Å².